The van der Waals surface area contributed by atoms with Crippen LogP contribution in [-0.4, -0.2) is 56.8 Å². The summed E-state index contributed by atoms with van der Waals surface area (Å²) in [6.07, 6.45) is 2.80. The van der Waals surface area contributed by atoms with Crippen LogP contribution < -0.4 is 4.74 Å². The molecule has 0 saturated carbocycles. The summed E-state index contributed by atoms with van der Waals surface area (Å²) in [6, 6.07) is 12.3. The third kappa shape index (κ3) is 5.42. The minimum absolute atomic E-state index is 0.179. The molecule has 2 aromatic carbocycles. The molecule has 162 valence electrons. The highest BCUT2D eigenvalue weighted by Crippen LogP contribution is 2.23. The summed E-state index contributed by atoms with van der Waals surface area (Å²) >= 11 is 3.38. The summed E-state index contributed by atoms with van der Waals surface area (Å²) < 4.78 is 34.1. The summed E-state index contributed by atoms with van der Waals surface area (Å²) in [7, 11) is -1.89. The SMILES string of the molecule is Cc1ccc(S(=O)(=O)N2CCCCC2)cc1C(=O)N(C)CCOc1ccc(Br)cc1. The maximum atomic E-state index is 13.0. The van der Waals surface area contributed by atoms with Gasteiger partial charge in [0.2, 0.25) is 10.0 Å². The molecule has 1 aliphatic heterocycles. The zero-order valence-corrected chi connectivity index (χ0v) is 19.7. The van der Waals surface area contributed by atoms with Gasteiger partial charge in [0.15, 0.2) is 0 Å². The number of hydrogen-bond acceptors (Lipinski definition) is 4. The molecule has 0 atom stereocenters. The Morgan fingerprint density at radius 3 is 2.43 bits per heavy atom. The first-order chi connectivity index (χ1) is 14.3. The molecule has 0 aliphatic carbocycles. The lowest BCUT2D eigenvalue weighted by atomic mass is 10.1. The van der Waals surface area contributed by atoms with Crippen molar-refractivity contribution in [2.24, 2.45) is 0 Å². The largest absolute Gasteiger partial charge is 0.492 e. The molecule has 8 heteroatoms. The fourth-order valence-corrected chi connectivity index (χ4v) is 5.19. The molecule has 1 heterocycles. The first-order valence-electron chi connectivity index (χ1n) is 10.0. The highest BCUT2D eigenvalue weighted by atomic mass is 79.9. The predicted molar refractivity (Wildman–Crippen MR) is 120 cm³/mol. The van der Waals surface area contributed by atoms with E-state index in [4.69, 9.17) is 4.74 Å². The molecular formula is C22H27BrN2O4S. The number of likely N-dealkylation sites (N-methyl/N-ethyl adjacent to an activating group) is 1. The van der Waals surface area contributed by atoms with E-state index in [1.54, 1.807) is 24.1 Å². The van der Waals surface area contributed by atoms with Gasteiger partial charge in [0, 0.05) is 30.2 Å². The maximum Gasteiger partial charge on any atom is 0.254 e. The van der Waals surface area contributed by atoms with Crippen LogP contribution in [0.4, 0.5) is 0 Å². The van der Waals surface area contributed by atoms with E-state index in [9.17, 15) is 13.2 Å². The second kappa shape index (κ2) is 9.94. The van der Waals surface area contributed by atoms with Crippen LogP contribution in [0.5, 0.6) is 5.75 Å². The fraction of sp³-hybridized carbons (Fsp3) is 0.409. The minimum atomic E-state index is -3.58. The number of benzene rings is 2. The fourth-order valence-electron chi connectivity index (χ4n) is 3.38. The monoisotopic (exact) mass is 494 g/mol. The van der Waals surface area contributed by atoms with Gasteiger partial charge in [0.25, 0.3) is 5.91 Å². The number of hydrogen-bond donors (Lipinski definition) is 0. The summed E-state index contributed by atoms with van der Waals surface area (Å²) in [5.74, 6) is 0.507. The second-order valence-corrected chi connectivity index (χ2v) is 10.3. The number of halogens is 1. The molecule has 2 aromatic rings. The first-order valence-corrected chi connectivity index (χ1v) is 12.3. The lowest BCUT2D eigenvalue weighted by molar-refractivity contribution is 0.0773. The molecule has 1 fully saturated rings. The van der Waals surface area contributed by atoms with Crippen molar-refractivity contribution < 1.29 is 17.9 Å². The number of amides is 1. The predicted octanol–water partition coefficient (Wildman–Crippen LogP) is 4.08. The molecule has 0 spiro atoms. The Bertz CT molecular complexity index is 987. The van der Waals surface area contributed by atoms with Crippen molar-refractivity contribution in [2.75, 3.05) is 33.3 Å². The van der Waals surface area contributed by atoms with Crippen LogP contribution in [0, 0.1) is 6.92 Å². The number of sulfonamides is 1. The normalized spacial score (nSPS) is 15.0. The molecule has 0 N–H and O–H groups in total. The van der Waals surface area contributed by atoms with Crippen molar-refractivity contribution in [3.8, 4) is 5.75 Å². The van der Waals surface area contributed by atoms with Gasteiger partial charge in [-0.2, -0.15) is 4.31 Å². The Labute approximate surface area is 187 Å². The molecule has 0 radical (unpaired) electrons. The number of aryl methyl sites for hydroxylation is 1. The summed E-state index contributed by atoms with van der Waals surface area (Å²) in [5, 5.41) is 0. The zero-order valence-electron chi connectivity index (χ0n) is 17.3. The highest BCUT2D eigenvalue weighted by molar-refractivity contribution is 9.10. The molecule has 6 nitrogen and oxygen atoms in total. The first kappa shape index (κ1) is 22.8. The van der Waals surface area contributed by atoms with Gasteiger partial charge in [-0.15, -0.1) is 0 Å². The van der Waals surface area contributed by atoms with Crippen molar-refractivity contribution in [3.05, 3.63) is 58.1 Å². The molecular weight excluding hydrogens is 468 g/mol. The van der Waals surface area contributed by atoms with Crippen molar-refractivity contribution >= 4 is 31.9 Å². The van der Waals surface area contributed by atoms with Gasteiger partial charge in [-0.25, -0.2) is 8.42 Å². The van der Waals surface area contributed by atoms with Gasteiger partial charge >= 0.3 is 0 Å². The van der Waals surface area contributed by atoms with Gasteiger partial charge in [0.1, 0.15) is 12.4 Å². The van der Waals surface area contributed by atoms with Gasteiger partial charge in [-0.1, -0.05) is 28.4 Å². The Morgan fingerprint density at radius 2 is 1.77 bits per heavy atom. The third-order valence-corrected chi connectivity index (χ3v) is 7.67. The Hall–Kier alpha value is -1.90. The van der Waals surface area contributed by atoms with Crippen LogP contribution in [0.25, 0.3) is 0 Å². The van der Waals surface area contributed by atoms with Gasteiger partial charge in [-0.05, 0) is 61.7 Å². The molecule has 30 heavy (non-hydrogen) atoms. The summed E-state index contributed by atoms with van der Waals surface area (Å²) in [4.78, 5) is 14.7. The van der Waals surface area contributed by atoms with Crippen LogP contribution in [0.2, 0.25) is 0 Å². The molecule has 0 aromatic heterocycles. The number of carbonyl (C=O) groups excluding carboxylic acids is 1. The number of rotatable bonds is 7. The van der Waals surface area contributed by atoms with Gasteiger partial charge in [-0.3, -0.25) is 4.79 Å². The van der Waals surface area contributed by atoms with E-state index in [1.807, 2.05) is 31.2 Å². The standard InChI is InChI=1S/C22H27BrN2O4S/c1-17-6-11-20(30(27,28)25-12-4-3-5-13-25)16-21(17)22(26)24(2)14-15-29-19-9-7-18(23)8-10-19/h6-11,16H,3-5,12-15H2,1-2H3. The van der Waals surface area contributed by atoms with Crippen LogP contribution in [-0.2, 0) is 10.0 Å². The molecule has 1 saturated heterocycles. The van der Waals surface area contributed by atoms with E-state index in [0.29, 0.717) is 31.8 Å². The van der Waals surface area contributed by atoms with E-state index in [-0.39, 0.29) is 10.8 Å². The smallest absolute Gasteiger partial charge is 0.254 e. The van der Waals surface area contributed by atoms with Crippen molar-refractivity contribution in [3.63, 3.8) is 0 Å². The van der Waals surface area contributed by atoms with E-state index < -0.39 is 10.0 Å². The van der Waals surface area contributed by atoms with E-state index >= 15 is 0 Å². The minimum Gasteiger partial charge on any atom is -0.492 e. The van der Waals surface area contributed by atoms with E-state index in [2.05, 4.69) is 15.9 Å². The molecule has 1 aliphatic rings. The van der Waals surface area contributed by atoms with Crippen LogP contribution in [0.1, 0.15) is 35.2 Å². The maximum absolute atomic E-state index is 13.0. The Kier molecular flexibility index (Phi) is 7.55. The number of ether oxygens (including phenoxy) is 1. The Morgan fingerprint density at radius 1 is 1.10 bits per heavy atom. The van der Waals surface area contributed by atoms with Gasteiger partial charge in [0.05, 0.1) is 11.4 Å². The summed E-state index contributed by atoms with van der Waals surface area (Å²) in [6.45, 7) is 3.61. The van der Waals surface area contributed by atoms with Gasteiger partial charge < -0.3 is 9.64 Å². The van der Waals surface area contributed by atoms with Crippen molar-refractivity contribution in [2.45, 2.75) is 31.1 Å². The van der Waals surface area contributed by atoms with E-state index in [1.165, 1.54) is 10.4 Å². The molecule has 3 rings (SSSR count). The van der Waals surface area contributed by atoms with Crippen molar-refractivity contribution in [1.82, 2.24) is 9.21 Å². The quantitative estimate of drug-likeness (QED) is 0.581. The van der Waals surface area contributed by atoms with E-state index in [0.717, 1.165) is 35.0 Å². The highest BCUT2D eigenvalue weighted by Gasteiger charge is 2.27. The lowest BCUT2D eigenvalue weighted by Gasteiger charge is -2.26. The topological polar surface area (TPSA) is 66.9 Å². The lowest BCUT2D eigenvalue weighted by Crippen LogP contribution is -2.36. The van der Waals surface area contributed by atoms with Crippen LogP contribution in [0.15, 0.2) is 51.8 Å². The van der Waals surface area contributed by atoms with Crippen molar-refractivity contribution in [1.29, 1.82) is 0 Å². The average Bonchev–Trinajstić information content (AvgIpc) is 2.75. The average molecular weight is 495 g/mol. The number of piperidine rings is 1. The molecule has 0 bridgehead atoms. The molecule has 1 amide bonds. The number of carbonyl (C=O) groups is 1. The summed E-state index contributed by atoms with van der Waals surface area (Å²) in [5.41, 5.74) is 1.15. The number of nitrogens with zero attached hydrogens (tertiary/aromatic N) is 2. The second-order valence-electron chi connectivity index (χ2n) is 7.47. The zero-order chi connectivity index (χ0) is 21.7. The third-order valence-electron chi connectivity index (χ3n) is 5.25. The molecule has 0 unspecified atom stereocenters. The van der Waals surface area contributed by atoms with Crippen LogP contribution >= 0.6 is 15.9 Å². The Balaban J connectivity index is 1.68. The van der Waals surface area contributed by atoms with Crippen LogP contribution in [0.3, 0.4) is 0 Å².